The Kier molecular flexibility index (Phi) is 3.68. The Hall–Kier alpha value is -1.39. The van der Waals surface area contributed by atoms with E-state index in [0.29, 0.717) is 22.5 Å². The van der Waals surface area contributed by atoms with Crippen LogP contribution >= 0.6 is 23.2 Å². The van der Waals surface area contributed by atoms with Crippen molar-refractivity contribution >= 4 is 34.7 Å². The molecule has 94 valence electrons. The topological polar surface area (TPSA) is 37.8 Å². The van der Waals surface area contributed by atoms with E-state index in [-0.39, 0.29) is 5.02 Å². The molecule has 0 saturated heterocycles. The first-order valence-corrected chi connectivity index (χ1v) is 5.96. The summed E-state index contributed by atoms with van der Waals surface area (Å²) in [6, 6.07) is 4.35. The molecular formula is C12H10Cl2FN3. The molecule has 2 aromatic rings. The number of hydrogen-bond acceptors (Lipinski definition) is 3. The Bertz CT molecular complexity index is 602. The largest absolute Gasteiger partial charge is 0.340 e. The molecule has 0 aliphatic heterocycles. The number of halogens is 3. The summed E-state index contributed by atoms with van der Waals surface area (Å²) in [4.78, 5) is 8.27. The third-order valence-electron chi connectivity index (χ3n) is 2.38. The van der Waals surface area contributed by atoms with Crippen LogP contribution < -0.4 is 5.32 Å². The summed E-state index contributed by atoms with van der Waals surface area (Å²) in [5, 5.41) is 3.47. The maximum atomic E-state index is 13.0. The maximum absolute atomic E-state index is 13.0. The predicted octanol–water partition coefficient (Wildman–Crippen LogP) is 4.28. The molecule has 0 radical (unpaired) electrons. The number of nitrogens with one attached hydrogen (secondary N) is 1. The first-order valence-electron chi connectivity index (χ1n) is 5.20. The third kappa shape index (κ3) is 2.71. The van der Waals surface area contributed by atoms with Crippen molar-refractivity contribution < 1.29 is 4.39 Å². The van der Waals surface area contributed by atoms with Crippen molar-refractivity contribution in [1.29, 1.82) is 0 Å². The lowest BCUT2D eigenvalue weighted by molar-refractivity contribution is 0.628. The van der Waals surface area contributed by atoms with E-state index >= 15 is 0 Å². The van der Waals surface area contributed by atoms with Crippen LogP contribution in [0.3, 0.4) is 0 Å². The molecule has 1 aromatic heterocycles. The molecule has 0 atom stereocenters. The van der Waals surface area contributed by atoms with E-state index in [9.17, 15) is 4.39 Å². The first kappa shape index (κ1) is 13.1. The number of benzene rings is 1. The number of aromatic nitrogens is 2. The number of hydrogen-bond donors (Lipinski definition) is 1. The van der Waals surface area contributed by atoms with Gasteiger partial charge < -0.3 is 5.32 Å². The zero-order chi connectivity index (χ0) is 13.3. The van der Waals surface area contributed by atoms with E-state index < -0.39 is 5.82 Å². The summed E-state index contributed by atoms with van der Waals surface area (Å²) in [7, 11) is 0. The van der Waals surface area contributed by atoms with Crippen molar-refractivity contribution in [3.8, 4) is 0 Å². The number of aryl methyl sites for hydroxylation is 1. The summed E-state index contributed by atoms with van der Waals surface area (Å²) >= 11 is 11.7. The second kappa shape index (κ2) is 5.08. The summed E-state index contributed by atoms with van der Waals surface area (Å²) in [6.45, 7) is 3.55. The van der Waals surface area contributed by atoms with E-state index in [1.165, 1.54) is 12.1 Å². The lowest BCUT2D eigenvalue weighted by atomic mass is 10.3. The van der Waals surface area contributed by atoms with Crippen LogP contribution in [0.15, 0.2) is 18.2 Å². The van der Waals surface area contributed by atoms with Gasteiger partial charge in [-0.25, -0.2) is 14.4 Å². The molecule has 0 saturated carbocycles. The number of anilines is 2. The van der Waals surface area contributed by atoms with Gasteiger partial charge in [-0.1, -0.05) is 23.2 Å². The zero-order valence-corrected chi connectivity index (χ0v) is 11.3. The Morgan fingerprint density at radius 2 is 1.89 bits per heavy atom. The van der Waals surface area contributed by atoms with E-state index in [4.69, 9.17) is 23.2 Å². The second-order valence-electron chi connectivity index (χ2n) is 3.79. The van der Waals surface area contributed by atoms with E-state index in [1.807, 2.05) is 0 Å². The SMILES string of the molecule is Cc1nc(Cl)c(C)c(Nc2ccc(F)c(Cl)c2)n1. The molecule has 0 aliphatic carbocycles. The molecule has 1 N–H and O–H groups in total. The van der Waals surface area contributed by atoms with Crippen molar-refractivity contribution in [2.75, 3.05) is 5.32 Å². The van der Waals surface area contributed by atoms with Crippen molar-refractivity contribution in [2.45, 2.75) is 13.8 Å². The lowest BCUT2D eigenvalue weighted by Gasteiger charge is -2.10. The predicted molar refractivity (Wildman–Crippen MR) is 71.2 cm³/mol. The summed E-state index contributed by atoms with van der Waals surface area (Å²) < 4.78 is 13.0. The molecule has 6 heteroatoms. The highest BCUT2D eigenvalue weighted by Crippen LogP contribution is 2.25. The van der Waals surface area contributed by atoms with E-state index in [0.717, 1.165) is 5.56 Å². The number of rotatable bonds is 2. The van der Waals surface area contributed by atoms with Gasteiger partial charge in [0.2, 0.25) is 0 Å². The lowest BCUT2D eigenvalue weighted by Crippen LogP contribution is -2.01. The van der Waals surface area contributed by atoms with Crippen molar-refractivity contribution in [2.24, 2.45) is 0 Å². The Morgan fingerprint density at radius 1 is 1.17 bits per heavy atom. The quantitative estimate of drug-likeness (QED) is 0.837. The monoisotopic (exact) mass is 285 g/mol. The van der Waals surface area contributed by atoms with Gasteiger partial charge in [0.05, 0.1) is 5.02 Å². The minimum absolute atomic E-state index is 0.0505. The Labute approximate surface area is 114 Å². The van der Waals surface area contributed by atoms with Crippen LogP contribution in [0, 0.1) is 19.7 Å². The van der Waals surface area contributed by atoms with Crippen molar-refractivity contribution in [1.82, 2.24) is 9.97 Å². The fraction of sp³-hybridized carbons (Fsp3) is 0.167. The minimum atomic E-state index is -0.462. The number of nitrogens with zero attached hydrogens (tertiary/aromatic N) is 2. The Balaban J connectivity index is 2.36. The van der Waals surface area contributed by atoms with Gasteiger partial charge in [0, 0.05) is 11.3 Å². The first-order chi connectivity index (χ1) is 8.47. The van der Waals surface area contributed by atoms with Crippen LogP contribution in [-0.4, -0.2) is 9.97 Å². The maximum Gasteiger partial charge on any atom is 0.141 e. The summed E-state index contributed by atoms with van der Waals surface area (Å²) in [6.07, 6.45) is 0. The van der Waals surface area contributed by atoms with Crippen LogP contribution in [0.1, 0.15) is 11.4 Å². The molecule has 0 spiro atoms. The van der Waals surface area contributed by atoms with Gasteiger partial charge in [0.1, 0.15) is 22.6 Å². The third-order valence-corrected chi connectivity index (χ3v) is 3.04. The van der Waals surface area contributed by atoms with Gasteiger partial charge in [0.25, 0.3) is 0 Å². The minimum Gasteiger partial charge on any atom is -0.340 e. The fourth-order valence-corrected chi connectivity index (χ4v) is 1.82. The van der Waals surface area contributed by atoms with Gasteiger partial charge >= 0.3 is 0 Å². The molecule has 0 bridgehead atoms. The van der Waals surface area contributed by atoms with Crippen LogP contribution in [0.2, 0.25) is 10.2 Å². The highest BCUT2D eigenvalue weighted by molar-refractivity contribution is 6.31. The molecule has 0 fully saturated rings. The van der Waals surface area contributed by atoms with Gasteiger partial charge in [-0.05, 0) is 32.0 Å². The normalized spacial score (nSPS) is 10.5. The summed E-state index contributed by atoms with van der Waals surface area (Å²) in [5.41, 5.74) is 1.36. The van der Waals surface area contributed by atoms with Gasteiger partial charge in [-0.15, -0.1) is 0 Å². The molecular weight excluding hydrogens is 276 g/mol. The van der Waals surface area contributed by atoms with Crippen molar-refractivity contribution in [3.05, 3.63) is 45.6 Å². The van der Waals surface area contributed by atoms with Crippen LogP contribution in [0.25, 0.3) is 0 Å². The van der Waals surface area contributed by atoms with Crippen LogP contribution in [-0.2, 0) is 0 Å². The highest BCUT2D eigenvalue weighted by atomic mass is 35.5. The molecule has 2 rings (SSSR count). The smallest absolute Gasteiger partial charge is 0.141 e. The standard InChI is InChI=1S/C12H10Cl2FN3/c1-6-11(14)16-7(2)17-12(6)18-8-3-4-10(15)9(13)5-8/h3-5H,1-2H3,(H,16,17,18). The van der Waals surface area contributed by atoms with Crippen LogP contribution in [0.4, 0.5) is 15.9 Å². The molecule has 18 heavy (non-hydrogen) atoms. The molecule has 0 unspecified atom stereocenters. The van der Waals surface area contributed by atoms with E-state index in [2.05, 4.69) is 15.3 Å². The molecule has 0 aliphatic rings. The zero-order valence-electron chi connectivity index (χ0n) is 9.76. The Morgan fingerprint density at radius 3 is 2.56 bits per heavy atom. The molecule has 0 amide bonds. The van der Waals surface area contributed by atoms with Gasteiger partial charge in [-0.3, -0.25) is 0 Å². The fourth-order valence-electron chi connectivity index (χ4n) is 1.43. The van der Waals surface area contributed by atoms with Gasteiger partial charge in [-0.2, -0.15) is 0 Å². The molecule has 1 aromatic carbocycles. The average Bonchev–Trinajstić information content (AvgIpc) is 2.30. The van der Waals surface area contributed by atoms with Crippen LogP contribution in [0.5, 0.6) is 0 Å². The average molecular weight is 286 g/mol. The molecule has 1 heterocycles. The summed E-state index contributed by atoms with van der Waals surface area (Å²) in [5.74, 6) is 0.673. The molecule has 3 nitrogen and oxygen atoms in total. The van der Waals surface area contributed by atoms with Gasteiger partial charge in [0.15, 0.2) is 0 Å². The second-order valence-corrected chi connectivity index (χ2v) is 4.55. The van der Waals surface area contributed by atoms with Crippen molar-refractivity contribution in [3.63, 3.8) is 0 Å². The highest BCUT2D eigenvalue weighted by Gasteiger charge is 2.08. The van der Waals surface area contributed by atoms with E-state index in [1.54, 1.807) is 19.9 Å².